The predicted molar refractivity (Wildman–Crippen MR) is 80.5 cm³/mol. The van der Waals surface area contributed by atoms with E-state index in [9.17, 15) is 9.18 Å². The van der Waals surface area contributed by atoms with Crippen molar-refractivity contribution in [3.63, 3.8) is 0 Å². The molecule has 0 N–H and O–H groups in total. The van der Waals surface area contributed by atoms with Crippen LogP contribution < -0.4 is 0 Å². The lowest BCUT2D eigenvalue weighted by Gasteiger charge is -2.16. The Hall–Kier alpha value is -2.16. The van der Waals surface area contributed by atoms with Gasteiger partial charge in [-0.05, 0) is 47.7 Å². The summed E-state index contributed by atoms with van der Waals surface area (Å²) in [7, 11) is 0. The van der Waals surface area contributed by atoms with Crippen LogP contribution in [-0.2, 0) is 19.5 Å². The van der Waals surface area contributed by atoms with Gasteiger partial charge in [-0.3, -0.25) is 4.79 Å². The van der Waals surface area contributed by atoms with E-state index in [0.29, 0.717) is 18.7 Å². The van der Waals surface area contributed by atoms with Crippen molar-refractivity contribution < 1.29 is 9.18 Å². The van der Waals surface area contributed by atoms with Gasteiger partial charge in [0.1, 0.15) is 5.82 Å². The molecule has 21 heavy (non-hydrogen) atoms. The average molecular weight is 283 g/mol. The molecule has 2 aromatic rings. The van der Waals surface area contributed by atoms with E-state index >= 15 is 0 Å². The molecule has 0 aliphatic carbocycles. The van der Waals surface area contributed by atoms with Gasteiger partial charge in [0.15, 0.2) is 0 Å². The lowest BCUT2D eigenvalue weighted by atomic mass is 10.0. The maximum absolute atomic E-state index is 13.5. The van der Waals surface area contributed by atoms with Crippen LogP contribution in [0.3, 0.4) is 0 Å². The quantitative estimate of drug-likeness (QED) is 0.837. The Labute approximate surface area is 124 Å². The van der Waals surface area contributed by atoms with Crippen LogP contribution in [0.1, 0.15) is 39.5 Å². The van der Waals surface area contributed by atoms with Crippen LogP contribution >= 0.6 is 0 Å². The molecule has 1 aliphatic rings. The minimum atomic E-state index is -0.270. The van der Waals surface area contributed by atoms with Gasteiger partial charge in [-0.25, -0.2) is 4.39 Å². The second-order valence-corrected chi connectivity index (χ2v) is 5.59. The summed E-state index contributed by atoms with van der Waals surface area (Å²) in [5, 5.41) is 0. The number of halogens is 1. The summed E-state index contributed by atoms with van der Waals surface area (Å²) in [5.74, 6) is -0.268. The van der Waals surface area contributed by atoms with Crippen molar-refractivity contribution in [2.75, 3.05) is 0 Å². The van der Waals surface area contributed by atoms with Crippen LogP contribution in [0, 0.1) is 12.7 Å². The highest BCUT2D eigenvalue weighted by Crippen LogP contribution is 2.28. The largest absolute Gasteiger partial charge is 0.330 e. The summed E-state index contributed by atoms with van der Waals surface area (Å²) in [5.41, 5.74) is 4.57. The van der Waals surface area contributed by atoms with E-state index in [0.717, 1.165) is 23.1 Å². The van der Waals surface area contributed by atoms with Gasteiger partial charge < -0.3 is 4.90 Å². The first-order chi connectivity index (χ1) is 10.1. The summed E-state index contributed by atoms with van der Waals surface area (Å²) >= 11 is 0. The molecule has 0 atom stereocenters. The van der Waals surface area contributed by atoms with Gasteiger partial charge >= 0.3 is 0 Å². The van der Waals surface area contributed by atoms with Crippen molar-refractivity contribution >= 4 is 5.91 Å². The zero-order valence-corrected chi connectivity index (χ0v) is 12.3. The van der Waals surface area contributed by atoms with Crippen molar-refractivity contribution in [2.45, 2.75) is 33.4 Å². The van der Waals surface area contributed by atoms with Crippen LogP contribution in [-0.4, -0.2) is 10.8 Å². The number of rotatable bonds is 3. The first-order valence-corrected chi connectivity index (χ1v) is 7.24. The third kappa shape index (κ3) is 2.56. The molecule has 2 nitrogen and oxygen atoms in total. The number of hydrogen-bond donors (Lipinski definition) is 0. The van der Waals surface area contributed by atoms with E-state index in [4.69, 9.17) is 0 Å². The van der Waals surface area contributed by atoms with Crippen molar-refractivity contribution in [2.24, 2.45) is 0 Å². The number of carbonyl (C=O) groups excluding carboxylic acids is 1. The van der Waals surface area contributed by atoms with Crippen LogP contribution in [0.2, 0.25) is 0 Å². The maximum atomic E-state index is 13.5. The Morgan fingerprint density at radius 2 is 1.81 bits per heavy atom. The number of nitrogens with zero attached hydrogens (tertiary/aromatic N) is 1. The molecule has 0 saturated carbocycles. The molecular formula is C18H18FNO. The van der Waals surface area contributed by atoms with E-state index in [1.807, 2.05) is 0 Å². The minimum Gasteiger partial charge on any atom is -0.330 e. The van der Waals surface area contributed by atoms with Crippen molar-refractivity contribution in [1.29, 1.82) is 0 Å². The van der Waals surface area contributed by atoms with Crippen LogP contribution in [0.15, 0.2) is 36.4 Å². The topological polar surface area (TPSA) is 20.3 Å². The third-order valence-electron chi connectivity index (χ3n) is 4.05. The van der Waals surface area contributed by atoms with E-state index in [2.05, 4.69) is 31.2 Å². The number of carbonyl (C=O) groups is 1. The highest BCUT2D eigenvalue weighted by Gasteiger charge is 2.29. The lowest BCUT2D eigenvalue weighted by Crippen LogP contribution is -2.23. The summed E-state index contributed by atoms with van der Waals surface area (Å²) in [6, 6.07) is 11.2. The summed E-state index contributed by atoms with van der Waals surface area (Å²) in [6.45, 7) is 4.97. The van der Waals surface area contributed by atoms with E-state index in [1.165, 1.54) is 17.7 Å². The van der Waals surface area contributed by atoms with Crippen molar-refractivity contribution in [3.05, 3.63) is 70.0 Å². The number of benzene rings is 2. The predicted octanol–water partition coefficient (Wildman–Crippen LogP) is 3.85. The molecule has 0 fully saturated rings. The standard InChI is InChI=1S/C18H18FNO/c1-3-13-4-6-14(7-5-13)10-20-11-15-9-16(19)8-12(2)17(15)18(20)21/h4-9H,3,10-11H2,1-2H3. The van der Waals surface area contributed by atoms with Crippen LogP contribution in [0.5, 0.6) is 0 Å². The molecule has 1 heterocycles. The molecule has 108 valence electrons. The number of fused-ring (bicyclic) bond motifs is 1. The Morgan fingerprint density at radius 3 is 2.48 bits per heavy atom. The zero-order valence-electron chi connectivity index (χ0n) is 12.3. The van der Waals surface area contributed by atoms with E-state index in [-0.39, 0.29) is 11.7 Å². The van der Waals surface area contributed by atoms with Gasteiger partial charge in [-0.1, -0.05) is 31.2 Å². The average Bonchev–Trinajstić information content (AvgIpc) is 2.76. The summed E-state index contributed by atoms with van der Waals surface area (Å²) in [4.78, 5) is 14.2. The first-order valence-electron chi connectivity index (χ1n) is 7.24. The maximum Gasteiger partial charge on any atom is 0.255 e. The monoisotopic (exact) mass is 283 g/mol. The van der Waals surface area contributed by atoms with Gasteiger partial charge in [0, 0.05) is 18.7 Å². The van der Waals surface area contributed by atoms with Gasteiger partial charge in [0.2, 0.25) is 0 Å². The Bertz CT molecular complexity index is 691. The minimum absolute atomic E-state index is 0.00191. The number of hydrogen-bond acceptors (Lipinski definition) is 1. The zero-order chi connectivity index (χ0) is 15.0. The highest BCUT2D eigenvalue weighted by atomic mass is 19.1. The molecule has 0 bridgehead atoms. The number of amides is 1. The molecule has 1 amide bonds. The molecule has 1 aliphatic heterocycles. The summed E-state index contributed by atoms with van der Waals surface area (Å²) < 4.78 is 13.5. The fourth-order valence-corrected chi connectivity index (χ4v) is 2.91. The highest BCUT2D eigenvalue weighted by molar-refractivity contribution is 5.99. The normalized spacial score (nSPS) is 13.7. The Balaban J connectivity index is 1.82. The summed E-state index contributed by atoms with van der Waals surface area (Å²) in [6.07, 6.45) is 1.01. The molecule has 0 saturated heterocycles. The molecule has 0 unspecified atom stereocenters. The molecule has 0 radical (unpaired) electrons. The SMILES string of the molecule is CCc1ccc(CN2Cc3cc(F)cc(C)c3C2=O)cc1. The molecule has 0 spiro atoms. The third-order valence-corrected chi connectivity index (χ3v) is 4.05. The van der Waals surface area contributed by atoms with E-state index in [1.54, 1.807) is 11.8 Å². The van der Waals surface area contributed by atoms with Gasteiger partial charge in [-0.15, -0.1) is 0 Å². The Morgan fingerprint density at radius 1 is 1.14 bits per heavy atom. The molecular weight excluding hydrogens is 265 g/mol. The van der Waals surface area contributed by atoms with Gasteiger partial charge in [-0.2, -0.15) is 0 Å². The fourth-order valence-electron chi connectivity index (χ4n) is 2.91. The van der Waals surface area contributed by atoms with Crippen molar-refractivity contribution in [1.82, 2.24) is 4.90 Å². The molecule has 2 aromatic carbocycles. The lowest BCUT2D eigenvalue weighted by molar-refractivity contribution is 0.0766. The van der Waals surface area contributed by atoms with Gasteiger partial charge in [0.05, 0.1) is 0 Å². The second kappa shape index (κ2) is 5.32. The number of aryl methyl sites for hydroxylation is 2. The second-order valence-electron chi connectivity index (χ2n) is 5.59. The smallest absolute Gasteiger partial charge is 0.255 e. The Kier molecular flexibility index (Phi) is 3.50. The van der Waals surface area contributed by atoms with Gasteiger partial charge in [0.25, 0.3) is 5.91 Å². The molecule has 3 rings (SSSR count). The fraction of sp³-hybridized carbons (Fsp3) is 0.278. The van der Waals surface area contributed by atoms with Crippen LogP contribution in [0.4, 0.5) is 4.39 Å². The van der Waals surface area contributed by atoms with Crippen molar-refractivity contribution in [3.8, 4) is 0 Å². The van der Waals surface area contributed by atoms with Crippen LogP contribution in [0.25, 0.3) is 0 Å². The first kappa shape index (κ1) is 13.8. The molecule has 3 heteroatoms. The molecule has 0 aromatic heterocycles. The van der Waals surface area contributed by atoms with E-state index < -0.39 is 0 Å².